The summed E-state index contributed by atoms with van der Waals surface area (Å²) in [5.74, 6) is -0.569. The summed E-state index contributed by atoms with van der Waals surface area (Å²) in [7, 11) is 2.53. The van der Waals surface area contributed by atoms with Crippen molar-refractivity contribution in [3.8, 4) is 5.75 Å². The van der Waals surface area contributed by atoms with E-state index >= 15 is 0 Å². The highest BCUT2D eigenvalue weighted by Gasteiger charge is 2.23. The third-order valence-electron chi connectivity index (χ3n) is 4.06. The molecular formula is C20H23N3O7. The number of nitrogens with one attached hydrogen (secondary N) is 2. The molecule has 0 aliphatic rings. The number of amides is 1. The fraction of sp³-hybridized carbons (Fsp3) is 0.300. The summed E-state index contributed by atoms with van der Waals surface area (Å²) in [5, 5.41) is 16.9. The first-order chi connectivity index (χ1) is 14.5. The standard InChI is InChI=1S/C20H23N3O7/c1-28-17-12-15(19(24)29-2)11-16(23(26)27)18(17)21-9-6-10-22-20(25)30-13-14-7-4-3-5-8-14/h3-5,7-8,11-12,21H,6,9-10,13H2,1-2H3,(H,22,25). The Kier molecular flexibility index (Phi) is 8.42. The number of methoxy groups -OCH3 is 2. The molecule has 1 amide bonds. The van der Waals surface area contributed by atoms with Gasteiger partial charge in [-0.25, -0.2) is 9.59 Å². The van der Waals surface area contributed by atoms with Crippen molar-refractivity contribution in [2.75, 3.05) is 32.6 Å². The van der Waals surface area contributed by atoms with Crippen LogP contribution in [0.3, 0.4) is 0 Å². The Morgan fingerprint density at radius 2 is 1.83 bits per heavy atom. The molecule has 0 unspecified atom stereocenters. The van der Waals surface area contributed by atoms with Crippen LogP contribution in [0.25, 0.3) is 0 Å². The molecule has 0 spiro atoms. The summed E-state index contributed by atoms with van der Waals surface area (Å²) < 4.78 is 14.9. The van der Waals surface area contributed by atoms with Crippen molar-refractivity contribution in [2.45, 2.75) is 13.0 Å². The Labute approximate surface area is 173 Å². The van der Waals surface area contributed by atoms with Crippen molar-refractivity contribution >= 4 is 23.4 Å². The van der Waals surface area contributed by atoms with Gasteiger partial charge in [-0.05, 0) is 18.1 Å². The molecule has 10 nitrogen and oxygen atoms in total. The number of anilines is 1. The Morgan fingerprint density at radius 1 is 1.10 bits per heavy atom. The summed E-state index contributed by atoms with van der Waals surface area (Å²) in [6, 6.07) is 11.8. The van der Waals surface area contributed by atoms with Gasteiger partial charge >= 0.3 is 12.1 Å². The average molecular weight is 417 g/mol. The smallest absolute Gasteiger partial charge is 0.407 e. The lowest BCUT2D eigenvalue weighted by Gasteiger charge is -2.13. The highest BCUT2D eigenvalue weighted by molar-refractivity contribution is 5.92. The number of nitro groups is 1. The number of ether oxygens (including phenoxy) is 3. The molecule has 30 heavy (non-hydrogen) atoms. The number of carbonyl (C=O) groups is 2. The number of nitro benzene ring substituents is 1. The fourth-order valence-electron chi connectivity index (χ4n) is 2.59. The zero-order chi connectivity index (χ0) is 21.9. The predicted octanol–water partition coefficient (Wildman–Crippen LogP) is 3.12. The summed E-state index contributed by atoms with van der Waals surface area (Å²) in [5.41, 5.74) is 0.713. The molecule has 0 atom stereocenters. The molecule has 0 heterocycles. The first-order valence-corrected chi connectivity index (χ1v) is 9.09. The Bertz CT molecular complexity index is 887. The SMILES string of the molecule is COC(=O)c1cc(OC)c(NCCCNC(=O)OCc2ccccc2)c([N+](=O)[O-])c1. The topological polar surface area (TPSA) is 129 Å². The van der Waals surface area contributed by atoms with E-state index in [4.69, 9.17) is 9.47 Å². The Morgan fingerprint density at radius 3 is 2.47 bits per heavy atom. The minimum absolute atomic E-state index is 0.00873. The summed E-state index contributed by atoms with van der Waals surface area (Å²) in [4.78, 5) is 34.2. The van der Waals surface area contributed by atoms with Crippen molar-refractivity contribution in [3.63, 3.8) is 0 Å². The van der Waals surface area contributed by atoms with Crippen LogP contribution in [-0.4, -0.2) is 44.3 Å². The van der Waals surface area contributed by atoms with E-state index in [1.54, 1.807) is 0 Å². The van der Waals surface area contributed by atoms with Gasteiger partial charge in [-0.2, -0.15) is 0 Å². The molecule has 0 saturated carbocycles. The second kappa shape index (κ2) is 11.2. The van der Waals surface area contributed by atoms with Gasteiger partial charge in [0, 0.05) is 19.2 Å². The van der Waals surface area contributed by atoms with E-state index in [9.17, 15) is 19.7 Å². The molecule has 0 aliphatic heterocycles. The largest absolute Gasteiger partial charge is 0.494 e. The number of esters is 1. The molecule has 2 N–H and O–H groups in total. The number of rotatable bonds is 10. The second-order valence-electron chi connectivity index (χ2n) is 6.09. The van der Waals surface area contributed by atoms with E-state index in [1.165, 1.54) is 20.3 Å². The second-order valence-corrected chi connectivity index (χ2v) is 6.09. The fourth-order valence-corrected chi connectivity index (χ4v) is 2.59. The van der Waals surface area contributed by atoms with Gasteiger partial charge in [-0.3, -0.25) is 10.1 Å². The molecular weight excluding hydrogens is 394 g/mol. The van der Waals surface area contributed by atoms with Crippen LogP contribution in [0, 0.1) is 10.1 Å². The maximum Gasteiger partial charge on any atom is 0.407 e. The maximum absolute atomic E-state index is 11.7. The third kappa shape index (κ3) is 6.36. The molecule has 0 aliphatic carbocycles. The van der Waals surface area contributed by atoms with Crippen LogP contribution in [-0.2, 0) is 16.1 Å². The number of hydrogen-bond acceptors (Lipinski definition) is 8. The molecule has 10 heteroatoms. The monoisotopic (exact) mass is 417 g/mol. The van der Waals surface area contributed by atoms with Gasteiger partial charge in [0.05, 0.1) is 24.7 Å². The lowest BCUT2D eigenvalue weighted by atomic mass is 10.1. The Hall–Kier alpha value is -3.82. The maximum atomic E-state index is 11.7. The van der Waals surface area contributed by atoms with Crippen LogP contribution in [0.1, 0.15) is 22.3 Å². The first-order valence-electron chi connectivity index (χ1n) is 9.09. The molecule has 2 rings (SSSR count). The highest BCUT2D eigenvalue weighted by Crippen LogP contribution is 2.36. The number of hydrogen-bond donors (Lipinski definition) is 2. The molecule has 2 aromatic rings. The van der Waals surface area contributed by atoms with Gasteiger partial charge < -0.3 is 24.8 Å². The molecule has 0 radical (unpaired) electrons. The van der Waals surface area contributed by atoms with Gasteiger partial charge in [-0.1, -0.05) is 30.3 Å². The van der Waals surface area contributed by atoms with Crippen LogP contribution < -0.4 is 15.4 Å². The van der Waals surface area contributed by atoms with Crippen LogP contribution >= 0.6 is 0 Å². The molecule has 0 fully saturated rings. The number of benzene rings is 2. The van der Waals surface area contributed by atoms with Gasteiger partial charge in [0.25, 0.3) is 5.69 Å². The van der Waals surface area contributed by atoms with Crippen LogP contribution in [0.15, 0.2) is 42.5 Å². The minimum atomic E-state index is -0.707. The van der Waals surface area contributed by atoms with Gasteiger partial charge in [-0.15, -0.1) is 0 Å². The van der Waals surface area contributed by atoms with E-state index in [2.05, 4.69) is 15.4 Å². The van der Waals surface area contributed by atoms with Crippen molar-refractivity contribution in [2.24, 2.45) is 0 Å². The van der Waals surface area contributed by atoms with E-state index in [0.717, 1.165) is 11.6 Å². The van der Waals surface area contributed by atoms with E-state index in [1.807, 2.05) is 30.3 Å². The number of nitrogens with zero attached hydrogens (tertiary/aromatic N) is 1. The van der Waals surface area contributed by atoms with E-state index < -0.39 is 17.0 Å². The quantitative estimate of drug-likeness (QED) is 0.261. The van der Waals surface area contributed by atoms with E-state index in [0.29, 0.717) is 19.5 Å². The van der Waals surface area contributed by atoms with Gasteiger partial charge in [0.1, 0.15) is 12.4 Å². The van der Waals surface area contributed by atoms with Crippen LogP contribution in [0.2, 0.25) is 0 Å². The van der Waals surface area contributed by atoms with Crippen molar-refractivity contribution in [1.82, 2.24) is 5.32 Å². The van der Waals surface area contributed by atoms with Crippen molar-refractivity contribution in [3.05, 3.63) is 63.7 Å². The van der Waals surface area contributed by atoms with Crippen LogP contribution in [0.5, 0.6) is 5.75 Å². The lowest BCUT2D eigenvalue weighted by molar-refractivity contribution is -0.384. The zero-order valence-electron chi connectivity index (χ0n) is 16.7. The summed E-state index contributed by atoms with van der Waals surface area (Å²) in [6.07, 6.45) is -0.0793. The van der Waals surface area contributed by atoms with Gasteiger partial charge in [0.15, 0.2) is 5.69 Å². The summed E-state index contributed by atoms with van der Waals surface area (Å²) >= 11 is 0. The first kappa shape index (κ1) is 22.5. The summed E-state index contributed by atoms with van der Waals surface area (Å²) in [6.45, 7) is 0.783. The molecule has 0 bridgehead atoms. The van der Waals surface area contributed by atoms with Crippen molar-refractivity contribution < 1.29 is 28.7 Å². The number of alkyl carbamates (subject to hydrolysis) is 1. The highest BCUT2D eigenvalue weighted by atomic mass is 16.6. The number of carbonyl (C=O) groups excluding carboxylic acids is 2. The molecule has 0 aromatic heterocycles. The Balaban J connectivity index is 1.87. The third-order valence-corrected chi connectivity index (χ3v) is 4.06. The normalized spacial score (nSPS) is 10.1. The molecule has 160 valence electrons. The van der Waals surface area contributed by atoms with Gasteiger partial charge in [0.2, 0.25) is 0 Å². The molecule has 2 aromatic carbocycles. The average Bonchev–Trinajstić information content (AvgIpc) is 2.77. The van der Waals surface area contributed by atoms with Crippen LogP contribution in [0.4, 0.5) is 16.2 Å². The van der Waals surface area contributed by atoms with Crippen molar-refractivity contribution in [1.29, 1.82) is 0 Å². The zero-order valence-corrected chi connectivity index (χ0v) is 16.7. The molecule has 0 saturated heterocycles. The lowest BCUT2D eigenvalue weighted by Crippen LogP contribution is -2.26. The minimum Gasteiger partial charge on any atom is -0.494 e. The van der Waals surface area contributed by atoms with E-state index in [-0.39, 0.29) is 29.3 Å². The predicted molar refractivity (Wildman–Crippen MR) is 109 cm³/mol.